The number of rotatable bonds is 6. The van der Waals surface area contributed by atoms with E-state index in [1.165, 1.54) is 5.56 Å². The van der Waals surface area contributed by atoms with Gasteiger partial charge in [-0.25, -0.2) is 9.97 Å². The SMILES string of the molecule is COc1cccc(-c2nc(C)c(C(C)=O)c(SCc3ccccc3)n2)c1. The standard InChI is InChI=1S/C21H20N2O2S/c1-14-19(15(2)24)21(26-13-16-8-5-4-6-9-16)23-20(22-14)17-10-7-11-18(12-17)25-3/h4-12H,13H2,1-3H3. The lowest BCUT2D eigenvalue weighted by Crippen LogP contribution is -2.06. The molecule has 0 unspecified atom stereocenters. The zero-order valence-electron chi connectivity index (χ0n) is 15.0. The van der Waals surface area contributed by atoms with Crippen LogP contribution in [0.5, 0.6) is 5.75 Å². The van der Waals surface area contributed by atoms with Crippen molar-refractivity contribution in [2.75, 3.05) is 7.11 Å². The molecule has 132 valence electrons. The summed E-state index contributed by atoms with van der Waals surface area (Å²) < 4.78 is 5.29. The molecular weight excluding hydrogens is 344 g/mol. The third-order valence-corrected chi connectivity index (χ3v) is 5.00. The number of ether oxygens (including phenoxy) is 1. The summed E-state index contributed by atoms with van der Waals surface area (Å²) in [6.07, 6.45) is 0. The third kappa shape index (κ3) is 4.11. The molecule has 0 spiro atoms. The van der Waals surface area contributed by atoms with Crippen LogP contribution in [0.15, 0.2) is 59.6 Å². The van der Waals surface area contributed by atoms with Crippen molar-refractivity contribution in [1.82, 2.24) is 9.97 Å². The van der Waals surface area contributed by atoms with Crippen LogP contribution in [0.1, 0.15) is 28.5 Å². The molecule has 2 aromatic carbocycles. The van der Waals surface area contributed by atoms with E-state index in [2.05, 4.69) is 17.1 Å². The van der Waals surface area contributed by atoms with Crippen molar-refractivity contribution in [3.8, 4) is 17.1 Å². The van der Waals surface area contributed by atoms with Crippen molar-refractivity contribution in [2.45, 2.75) is 24.6 Å². The molecule has 0 fully saturated rings. The van der Waals surface area contributed by atoms with E-state index in [0.29, 0.717) is 22.1 Å². The van der Waals surface area contributed by atoms with E-state index >= 15 is 0 Å². The zero-order valence-corrected chi connectivity index (χ0v) is 15.8. The van der Waals surface area contributed by atoms with Gasteiger partial charge in [0.05, 0.1) is 18.4 Å². The van der Waals surface area contributed by atoms with Crippen LogP contribution in [-0.4, -0.2) is 22.9 Å². The minimum atomic E-state index is -0.0183. The summed E-state index contributed by atoms with van der Waals surface area (Å²) in [5, 5.41) is 0.715. The van der Waals surface area contributed by atoms with Crippen LogP contribution in [0, 0.1) is 6.92 Å². The molecule has 0 saturated carbocycles. The number of Topliss-reactive ketones (excluding diaryl/α,β-unsaturated/α-hetero) is 1. The number of benzene rings is 2. The number of aryl methyl sites for hydroxylation is 1. The smallest absolute Gasteiger partial charge is 0.164 e. The van der Waals surface area contributed by atoms with Gasteiger partial charge in [0.1, 0.15) is 10.8 Å². The Balaban J connectivity index is 2.00. The lowest BCUT2D eigenvalue weighted by atomic mass is 10.1. The van der Waals surface area contributed by atoms with E-state index < -0.39 is 0 Å². The first-order chi connectivity index (χ1) is 12.6. The first-order valence-electron chi connectivity index (χ1n) is 8.29. The number of ketones is 1. The largest absolute Gasteiger partial charge is 0.497 e. The Labute approximate surface area is 157 Å². The maximum Gasteiger partial charge on any atom is 0.164 e. The minimum Gasteiger partial charge on any atom is -0.497 e. The normalized spacial score (nSPS) is 10.6. The molecule has 3 rings (SSSR count). The molecule has 1 heterocycles. The average Bonchev–Trinajstić information content (AvgIpc) is 2.66. The van der Waals surface area contributed by atoms with Gasteiger partial charge in [-0.15, -0.1) is 11.8 Å². The van der Waals surface area contributed by atoms with Crippen LogP contribution in [0.3, 0.4) is 0 Å². The summed E-state index contributed by atoms with van der Waals surface area (Å²) in [6.45, 7) is 3.41. The zero-order chi connectivity index (χ0) is 18.5. The number of methoxy groups -OCH3 is 1. The number of carbonyl (C=O) groups excluding carboxylic acids is 1. The maximum atomic E-state index is 12.1. The Morgan fingerprint density at radius 3 is 2.54 bits per heavy atom. The summed E-state index contributed by atoms with van der Waals surface area (Å²) in [5.74, 6) is 2.07. The fraction of sp³-hybridized carbons (Fsp3) is 0.190. The van der Waals surface area contributed by atoms with E-state index in [-0.39, 0.29) is 5.78 Å². The van der Waals surface area contributed by atoms with Crippen LogP contribution in [0.25, 0.3) is 11.4 Å². The molecule has 0 aliphatic carbocycles. The molecule has 0 radical (unpaired) electrons. The van der Waals surface area contributed by atoms with Gasteiger partial charge >= 0.3 is 0 Å². The fourth-order valence-electron chi connectivity index (χ4n) is 2.67. The van der Waals surface area contributed by atoms with Crippen molar-refractivity contribution in [1.29, 1.82) is 0 Å². The lowest BCUT2D eigenvalue weighted by molar-refractivity contribution is 0.101. The Hall–Kier alpha value is -2.66. The van der Waals surface area contributed by atoms with Crippen molar-refractivity contribution < 1.29 is 9.53 Å². The number of hydrogen-bond donors (Lipinski definition) is 0. The number of carbonyl (C=O) groups is 1. The number of aromatic nitrogens is 2. The molecule has 0 atom stereocenters. The molecule has 0 amide bonds. The van der Waals surface area contributed by atoms with Gasteiger partial charge < -0.3 is 4.74 Å². The molecule has 0 aliphatic rings. The first kappa shape index (κ1) is 18.1. The van der Waals surface area contributed by atoms with Gasteiger partial charge in [-0.1, -0.05) is 42.5 Å². The van der Waals surface area contributed by atoms with Crippen molar-refractivity contribution in [3.05, 3.63) is 71.4 Å². The van der Waals surface area contributed by atoms with Gasteiger partial charge in [0.15, 0.2) is 11.6 Å². The molecular formula is C21H20N2O2S. The highest BCUT2D eigenvalue weighted by Gasteiger charge is 2.17. The maximum absolute atomic E-state index is 12.1. The summed E-state index contributed by atoms with van der Waals surface area (Å²) >= 11 is 1.56. The quantitative estimate of drug-likeness (QED) is 0.352. The van der Waals surface area contributed by atoms with E-state index in [9.17, 15) is 4.79 Å². The Bertz CT molecular complexity index is 927. The fourth-order valence-corrected chi connectivity index (χ4v) is 3.76. The molecule has 0 saturated heterocycles. The minimum absolute atomic E-state index is 0.0183. The van der Waals surface area contributed by atoms with Crippen LogP contribution < -0.4 is 4.74 Å². The monoisotopic (exact) mass is 364 g/mol. The van der Waals surface area contributed by atoms with Crippen molar-refractivity contribution in [3.63, 3.8) is 0 Å². The van der Waals surface area contributed by atoms with Gasteiger partial charge in [-0.3, -0.25) is 4.79 Å². The molecule has 5 heteroatoms. The van der Waals surface area contributed by atoms with E-state index in [4.69, 9.17) is 9.72 Å². The summed E-state index contributed by atoms with van der Waals surface area (Å²) in [7, 11) is 1.63. The molecule has 1 aromatic heterocycles. The van der Waals surface area contributed by atoms with Crippen LogP contribution in [0.4, 0.5) is 0 Å². The van der Waals surface area contributed by atoms with Gasteiger partial charge in [0, 0.05) is 11.3 Å². The van der Waals surface area contributed by atoms with Gasteiger partial charge in [-0.2, -0.15) is 0 Å². The van der Waals surface area contributed by atoms with Crippen LogP contribution in [0.2, 0.25) is 0 Å². The van der Waals surface area contributed by atoms with Crippen molar-refractivity contribution in [2.24, 2.45) is 0 Å². The van der Waals surface area contributed by atoms with E-state index in [1.807, 2.05) is 49.4 Å². The summed E-state index contributed by atoms with van der Waals surface area (Å²) in [4.78, 5) is 21.4. The molecule has 26 heavy (non-hydrogen) atoms. The second-order valence-electron chi connectivity index (χ2n) is 5.88. The third-order valence-electron chi connectivity index (χ3n) is 3.96. The Morgan fingerprint density at radius 2 is 1.85 bits per heavy atom. The number of thioether (sulfide) groups is 1. The molecule has 0 N–H and O–H groups in total. The first-order valence-corrected chi connectivity index (χ1v) is 9.27. The Kier molecular flexibility index (Phi) is 5.68. The number of nitrogens with zero attached hydrogens (tertiary/aromatic N) is 2. The molecule has 0 aliphatic heterocycles. The second kappa shape index (κ2) is 8.15. The summed E-state index contributed by atoms with van der Waals surface area (Å²) in [6, 6.07) is 17.8. The van der Waals surface area contributed by atoms with Gasteiger partial charge in [0.25, 0.3) is 0 Å². The Morgan fingerprint density at radius 1 is 1.08 bits per heavy atom. The predicted molar refractivity (Wildman–Crippen MR) is 105 cm³/mol. The predicted octanol–water partition coefficient (Wildman–Crippen LogP) is 4.96. The molecule has 0 bridgehead atoms. The average molecular weight is 364 g/mol. The van der Waals surface area contributed by atoms with Crippen LogP contribution in [-0.2, 0) is 5.75 Å². The lowest BCUT2D eigenvalue weighted by Gasteiger charge is -2.12. The van der Waals surface area contributed by atoms with Crippen molar-refractivity contribution >= 4 is 17.5 Å². The molecule has 4 nitrogen and oxygen atoms in total. The highest BCUT2D eigenvalue weighted by molar-refractivity contribution is 7.98. The number of hydrogen-bond acceptors (Lipinski definition) is 5. The van der Waals surface area contributed by atoms with Gasteiger partial charge in [0.2, 0.25) is 0 Å². The highest BCUT2D eigenvalue weighted by Crippen LogP contribution is 2.30. The summed E-state index contributed by atoms with van der Waals surface area (Å²) in [5.41, 5.74) is 3.34. The van der Waals surface area contributed by atoms with E-state index in [0.717, 1.165) is 17.1 Å². The topological polar surface area (TPSA) is 52.1 Å². The molecule has 3 aromatic rings. The van der Waals surface area contributed by atoms with E-state index in [1.54, 1.807) is 25.8 Å². The van der Waals surface area contributed by atoms with Gasteiger partial charge in [-0.05, 0) is 31.5 Å². The highest BCUT2D eigenvalue weighted by atomic mass is 32.2. The second-order valence-corrected chi connectivity index (χ2v) is 6.84. The van der Waals surface area contributed by atoms with Crippen LogP contribution >= 0.6 is 11.8 Å².